The van der Waals surface area contributed by atoms with Crippen LogP contribution >= 0.6 is 11.3 Å². The summed E-state index contributed by atoms with van der Waals surface area (Å²) < 4.78 is 0.938. The minimum absolute atomic E-state index is 0.337. The fourth-order valence-corrected chi connectivity index (χ4v) is 1.75. The molecule has 0 aliphatic rings. The summed E-state index contributed by atoms with van der Waals surface area (Å²) in [6, 6.07) is 3.79. The quantitative estimate of drug-likeness (QED) is 0.315. The topological polar surface area (TPSA) is 46.4 Å². The first kappa shape index (κ1) is 11.6. The van der Waals surface area contributed by atoms with Crippen LogP contribution < -0.4 is 0 Å². The number of hydrogen-bond acceptors (Lipinski definition) is 4. The highest BCUT2D eigenvalue weighted by Crippen LogP contribution is 2.12. The number of hydrogen-bond donors (Lipinski definition) is 0. The zero-order valence-corrected chi connectivity index (χ0v) is 9.63. The summed E-state index contributed by atoms with van der Waals surface area (Å²) in [5.41, 5.74) is 0. The van der Waals surface area contributed by atoms with Gasteiger partial charge >= 0.3 is 11.9 Å². The highest BCUT2D eigenvalue weighted by atomic mass is 32.1. The van der Waals surface area contributed by atoms with Crippen molar-refractivity contribution in [3.05, 3.63) is 21.9 Å². The van der Waals surface area contributed by atoms with Gasteiger partial charge in [0.15, 0.2) is 0 Å². The Hall–Kier alpha value is -1.49. The van der Waals surface area contributed by atoms with Gasteiger partial charge in [-0.1, -0.05) is 0 Å². The number of thiophene rings is 1. The maximum Gasteiger partial charge on any atom is 0.431 e. The summed E-state index contributed by atoms with van der Waals surface area (Å²) in [6.07, 6.45) is 1.50. The van der Waals surface area contributed by atoms with E-state index >= 15 is 0 Å². The largest absolute Gasteiger partial charge is 0.431 e. The average Bonchev–Trinajstić information content (AvgIpc) is 2.49. The number of aryl methyl sites for hydroxylation is 1. The molecule has 0 atom stereocenters. The SMILES string of the molecule is CC(=O)O[N+](=Cc1ccc(C)s1)C(C)=O. The first-order valence-corrected chi connectivity index (χ1v) is 5.20. The minimum atomic E-state index is -0.519. The lowest BCUT2D eigenvalue weighted by Crippen LogP contribution is -2.22. The van der Waals surface area contributed by atoms with E-state index in [0.29, 0.717) is 0 Å². The van der Waals surface area contributed by atoms with Gasteiger partial charge in [0.1, 0.15) is 0 Å². The summed E-state index contributed by atoms with van der Waals surface area (Å²) in [5, 5.41) is 0. The van der Waals surface area contributed by atoms with Crippen molar-refractivity contribution in [2.24, 2.45) is 0 Å². The number of carbonyl (C=O) groups excluding carboxylic acids is 2. The van der Waals surface area contributed by atoms with Gasteiger partial charge in [-0.05, 0) is 19.1 Å². The van der Waals surface area contributed by atoms with Crippen LogP contribution in [-0.2, 0) is 14.4 Å². The lowest BCUT2D eigenvalue weighted by atomic mass is 10.4. The molecule has 0 saturated carbocycles. The van der Waals surface area contributed by atoms with E-state index in [-0.39, 0.29) is 5.91 Å². The standard InChI is InChI=1S/C10H12NO3S/c1-7-4-5-10(15-7)6-11(8(2)12)14-9(3)13/h4-6H,1-3H3/q+1. The van der Waals surface area contributed by atoms with Gasteiger partial charge in [0.25, 0.3) is 0 Å². The molecule has 0 unspecified atom stereocenters. The van der Waals surface area contributed by atoms with Crippen molar-refractivity contribution in [2.45, 2.75) is 20.8 Å². The highest BCUT2D eigenvalue weighted by molar-refractivity contribution is 7.13. The second-order valence-electron chi connectivity index (χ2n) is 3.01. The summed E-state index contributed by atoms with van der Waals surface area (Å²) in [6.45, 7) is 4.55. The van der Waals surface area contributed by atoms with E-state index < -0.39 is 5.97 Å². The molecule has 15 heavy (non-hydrogen) atoms. The van der Waals surface area contributed by atoms with Crippen LogP contribution in [0.25, 0.3) is 0 Å². The molecule has 0 aliphatic heterocycles. The van der Waals surface area contributed by atoms with Gasteiger partial charge in [-0.25, -0.2) is 9.59 Å². The Morgan fingerprint density at radius 1 is 1.40 bits per heavy atom. The fourth-order valence-electron chi connectivity index (χ4n) is 0.958. The zero-order chi connectivity index (χ0) is 11.4. The van der Waals surface area contributed by atoms with Gasteiger partial charge in [-0.15, -0.1) is 11.3 Å². The van der Waals surface area contributed by atoms with E-state index in [9.17, 15) is 9.59 Å². The number of hydroxylamine groups is 1. The number of carbonyl (C=O) groups is 2. The second-order valence-corrected chi connectivity index (χ2v) is 4.32. The van der Waals surface area contributed by atoms with Gasteiger partial charge in [-0.3, -0.25) is 0 Å². The maximum absolute atomic E-state index is 11.1. The molecule has 0 fully saturated rings. The van der Waals surface area contributed by atoms with Crippen molar-refractivity contribution in [3.8, 4) is 0 Å². The second kappa shape index (κ2) is 4.84. The third kappa shape index (κ3) is 3.63. The summed E-state index contributed by atoms with van der Waals surface area (Å²) in [4.78, 5) is 28.6. The van der Waals surface area contributed by atoms with E-state index in [4.69, 9.17) is 4.84 Å². The molecular weight excluding hydrogens is 214 g/mol. The van der Waals surface area contributed by atoms with Crippen LogP contribution in [0.1, 0.15) is 23.6 Å². The van der Waals surface area contributed by atoms with Crippen LogP contribution in [0, 0.1) is 6.92 Å². The van der Waals surface area contributed by atoms with E-state index in [1.165, 1.54) is 31.4 Å². The summed E-state index contributed by atoms with van der Waals surface area (Å²) in [7, 11) is 0. The van der Waals surface area contributed by atoms with Crippen molar-refractivity contribution in [1.82, 2.24) is 0 Å². The molecule has 0 N–H and O–H groups in total. The Labute approximate surface area is 91.8 Å². The van der Waals surface area contributed by atoms with Crippen LogP contribution in [0.2, 0.25) is 0 Å². The summed E-state index contributed by atoms with van der Waals surface area (Å²) in [5.74, 6) is -0.856. The third-order valence-corrected chi connectivity index (χ3v) is 2.48. The Balaban J connectivity index is 2.93. The molecule has 80 valence electrons. The van der Waals surface area contributed by atoms with Crippen LogP contribution in [0.3, 0.4) is 0 Å². The van der Waals surface area contributed by atoms with Crippen molar-refractivity contribution in [1.29, 1.82) is 0 Å². The molecule has 0 radical (unpaired) electrons. The molecule has 0 bridgehead atoms. The third-order valence-electron chi connectivity index (χ3n) is 1.54. The van der Waals surface area contributed by atoms with Crippen LogP contribution in [-0.4, -0.2) is 22.8 Å². The monoisotopic (exact) mass is 226 g/mol. The van der Waals surface area contributed by atoms with Crippen molar-refractivity contribution in [3.63, 3.8) is 0 Å². The van der Waals surface area contributed by atoms with Crippen LogP contribution in [0.5, 0.6) is 0 Å². The van der Waals surface area contributed by atoms with E-state index in [0.717, 1.165) is 14.5 Å². The Kier molecular flexibility index (Phi) is 3.74. The first-order chi connectivity index (χ1) is 6.99. The van der Waals surface area contributed by atoms with Gasteiger partial charge in [0, 0.05) is 11.8 Å². The van der Waals surface area contributed by atoms with Gasteiger partial charge in [-0.2, -0.15) is 4.84 Å². The Bertz CT molecular complexity index is 420. The molecule has 0 spiro atoms. The number of amides is 1. The number of nitrogens with zero attached hydrogens (tertiary/aromatic N) is 1. The summed E-state index contributed by atoms with van der Waals surface area (Å²) >= 11 is 1.52. The molecule has 0 aromatic carbocycles. The van der Waals surface area contributed by atoms with E-state index in [1.54, 1.807) is 0 Å². The normalized spacial score (nSPS) is 11.3. The molecule has 4 nitrogen and oxygen atoms in total. The van der Waals surface area contributed by atoms with Gasteiger partial charge < -0.3 is 0 Å². The molecule has 1 rings (SSSR count). The minimum Gasteiger partial charge on any atom is -0.245 e. The fraction of sp³-hybridized carbons (Fsp3) is 0.300. The van der Waals surface area contributed by atoms with Crippen molar-refractivity contribution < 1.29 is 19.2 Å². The molecule has 0 aliphatic carbocycles. The molecule has 0 saturated heterocycles. The smallest absolute Gasteiger partial charge is 0.245 e. The van der Waals surface area contributed by atoms with E-state index in [1.807, 2.05) is 19.1 Å². The lowest BCUT2D eigenvalue weighted by Gasteiger charge is -1.92. The predicted octanol–water partition coefficient (Wildman–Crippen LogP) is 1.51. The number of rotatable bonds is 1. The molecular formula is C10H12NO3S+. The highest BCUT2D eigenvalue weighted by Gasteiger charge is 2.17. The Morgan fingerprint density at radius 2 is 2.07 bits per heavy atom. The zero-order valence-electron chi connectivity index (χ0n) is 8.81. The van der Waals surface area contributed by atoms with Crippen molar-refractivity contribution in [2.75, 3.05) is 0 Å². The first-order valence-electron chi connectivity index (χ1n) is 4.38. The average molecular weight is 226 g/mol. The molecule has 1 aromatic heterocycles. The molecule has 1 aromatic rings. The lowest BCUT2D eigenvalue weighted by molar-refractivity contribution is -0.688. The predicted molar refractivity (Wildman–Crippen MR) is 56.9 cm³/mol. The maximum atomic E-state index is 11.1. The van der Waals surface area contributed by atoms with Crippen molar-refractivity contribution >= 4 is 29.4 Å². The van der Waals surface area contributed by atoms with Crippen LogP contribution in [0.4, 0.5) is 0 Å². The molecule has 1 amide bonds. The van der Waals surface area contributed by atoms with E-state index in [2.05, 4.69) is 0 Å². The van der Waals surface area contributed by atoms with Gasteiger partial charge in [0.05, 0.1) is 16.5 Å². The van der Waals surface area contributed by atoms with Crippen LogP contribution in [0.15, 0.2) is 12.1 Å². The molecule has 5 heteroatoms. The molecule has 1 heterocycles. The Morgan fingerprint density at radius 3 is 2.47 bits per heavy atom. The van der Waals surface area contributed by atoms with Gasteiger partial charge in [0.2, 0.25) is 6.21 Å².